The van der Waals surface area contributed by atoms with Gasteiger partial charge in [0.25, 0.3) is 0 Å². The van der Waals surface area contributed by atoms with E-state index < -0.39 is 0 Å². The fourth-order valence-electron chi connectivity index (χ4n) is 3.43. The molecule has 1 saturated heterocycles. The second kappa shape index (κ2) is 6.02. The molecule has 0 amide bonds. The van der Waals surface area contributed by atoms with Crippen molar-refractivity contribution >= 4 is 16.9 Å². The number of hydrogen-bond donors (Lipinski definition) is 1. The topological polar surface area (TPSA) is 69.2 Å². The number of hydrogen-bond acceptors (Lipinski definition) is 6. The summed E-state index contributed by atoms with van der Waals surface area (Å²) in [6.45, 7) is 3.62. The highest BCUT2D eigenvalue weighted by molar-refractivity contribution is 5.85. The maximum atomic E-state index is 6.23. The van der Waals surface area contributed by atoms with Crippen molar-refractivity contribution < 1.29 is 9.47 Å². The minimum atomic E-state index is -0.339. The summed E-state index contributed by atoms with van der Waals surface area (Å²) in [5, 5.41) is 4.29. The second-order valence-corrected chi connectivity index (χ2v) is 6.62. The Kier molecular flexibility index (Phi) is 3.87. The molecule has 1 N–H and O–H groups in total. The molecular weight excluding hydrogens is 292 g/mol. The number of nitrogens with one attached hydrogen (secondary N) is 1. The van der Waals surface area contributed by atoms with Gasteiger partial charge in [0, 0.05) is 25.6 Å². The molecule has 0 bridgehead atoms. The Morgan fingerprint density at radius 1 is 1.26 bits per heavy atom. The molecule has 122 valence electrons. The number of ether oxygens (including phenoxy) is 2. The Balaban J connectivity index is 1.40. The van der Waals surface area contributed by atoms with E-state index in [1.165, 1.54) is 19.2 Å². The summed E-state index contributed by atoms with van der Waals surface area (Å²) in [4.78, 5) is 12.8. The number of aromatic nitrogens is 3. The van der Waals surface area contributed by atoms with Crippen molar-refractivity contribution in [3.63, 3.8) is 0 Å². The lowest BCUT2D eigenvalue weighted by atomic mass is 9.86. The Bertz CT molecular complexity index is 680. The van der Waals surface area contributed by atoms with Gasteiger partial charge in [-0.05, 0) is 30.9 Å². The number of pyridine rings is 1. The van der Waals surface area contributed by atoms with E-state index in [1.54, 1.807) is 6.20 Å². The van der Waals surface area contributed by atoms with Crippen molar-refractivity contribution in [1.29, 1.82) is 0 Å². The molecule has 3 heterocycles. The first-order valence-corrected chi connectivity index (χ1v) is 8.35. The zero-order chi connectivity index (χ0) is 15.7. The molecule has 0 radical (unpaired) electrons. The van der Waals surface area contributed by atoms with Gasteiger partial charge >= 0.3 is 0 Å². The van der Waals surface area contributed by atoms with Gasteiger partial charge in [0.1, 0.15) is 18.2 Å². The lowest BCUT2D eigenvalue weighted by molar-refractivity contribution is -0.190. The Morgan fingerprint density at radius 2 is 2.13 bits per heavy atom. The molecule has 6 nitrogen and oxygen atoms in total. The van der Waals surface area contributed by atoms with Crippen LogP contribution in [-0.2, 0) is 9.47 Å². The van der Waals surface area contributed by atoms with Crippen LogP contribution >= 0.6 is 0 Å². The lowest BCUT2D eigenvalue weighted by Crippen LogP contribution is -2.36. The van der Waals surface area contributed by atoms with Crippen molar-refractivity contribution in [1.82, 2.24) is 15.0 Å². The van der Waals surface area contributed by atoms with Crippen LogP contribution in [-0.4, -0.2) is 40.0 Å². The van der Waals surface area contributed by atoms with Crippen LogP contribution < -0.4 is 5.32 Å². The largest absolute Gasteiger partial charge is 0.367 e. The smallest absolute Gasteiger partial charge is 0.169 e. The molecule has 6 heteroatoms. The molecule has 1 saturated carbocycles. The summed E-state index contributed by atoms with van der Waals surface area (Å²) in [5.74, 6) is 1.24. The fraction of sp³-hybridized carbons (Fsp3) is 0.588. The van der Waals surface area contributed by atoms with E-state index in [9.17, 15) is 0 Å². The lowest BCUT2D eigenvalue weighted by Gasteiger charge is -2.34. The molecule has 2 aromatic heterocycles. The van der Waals surface area contributed by atoms with Crippen LogP contribution in [0.4, 0.5) is 5.82 Å². The second-order valence-electron chi connectivity index (χ2n) is 6.62. The fourth-order valence-corrected chi connectivity index (χ4v) is 3.43. The van der Waals surface area contributed by atoms with Gasteiger partial charge in [-0.15, -0.1) is 0 Å². The molecule has 1 unspecified atom stereocenters. The van der Waals surface area contributed by atoms with Crippen LogP contribution in [0.15, 0.2) is 24.7 Å². The summed E-state index contributed by atoms with van der Waals surface area (Å²) in [6, 6.07) is 3.87. The number of rotatable bonds is 3. The van der Waals surface area contributed by atoms with Gasteiger partial charge in [-0.3, -0.25) is 0 Å². The predicted molar refractivity (Wildman–Crippen MR) is 87.0 cm³/mol. The molecule has 1 aliphatic heterocycles. The summed E-state index contributed by atoms with van der Waals surface area (Å²) in [6.07, 6.45) is 7.71. The summed E-state index contributed by atoms with van der Waals surface area (Å²) >= 11 is 0. The minimum Gasteiger partial charge on any atom is -0.367 e. The summed E-state index contributed by atoms with van der Waals surface area (Å²) in [5.41, 5.74) is 0.700. The van der Waals surface area contributed by atoms with E-state index in [2.05, 4.69) is 27.2 Å². The first-order valence-electron chi connectivity index (χ1n) is 8.35. The number of fused-ring (bicyclic) bond motifs is 1. The zero-order valence-corrected chi connectivity index (χ0v) is 13.4. The monoisotopic (exact) mass is 314 g/mol. The number of anilines is 1. The van der Waals surface area contributed by atoms with E-state index in [-0.39, 0.29) is 11.9 Å². The Hall–Kier alpha value is -1.79. The highest BCUT2D eigenvalue weighted by Gasteiger charge is 2.43. The van der Waals surface area contributed by atoms with Crippen LogP contribution in [0.3, 0.4) is 0 Å². The molecule has 2 fully saturated rings. The van der Waals surface area contributed by atoms with Crippen molar-refractivity contribution in [3.8, 4) is 0 Å². The third-order valence-corrected chi connectivity index (χ3v) is 4.86. The minimum absolute atomic E-state index is 0.0603. The maximum absolute atomic E-state index is 6.23. The average Bonchev–Trinajstić information content (AvgIpc) is 2.99. The van der Waals surface area contributed by atoms with Crippen molar-refractivity contribution in [2.45, 2.75) is 44.5 Å². The van der Waals surface area contributed by atoms with Gasteiger partial charge in [0.05, 0.1) is 12.0 Å². The third kappa shape index (κ3) is 3.01. The first kappa shape index (κ1) is 14.8. The first-order chi connectivity index (χ1) is 11.2. The Morgan fingerprint density at radius 3 is 3.00 bits per heavy atom. The Labute approximate surface area is 135 Å². The zero-order valence-electron chi connectivity index (χ0n) is 13.4. The van der Waals surface area contributed by atoms with Crippen LogP contribution in [0.5, 0.6) is 0 Å². The quantitative estimate of drug-likeness (QED) is 0.939. The van der Waals surface area contributed by atoms with Gasteiger partial charge in [-0.2, -0.15) is 0 Å². The van der Waals surface area contributed by atoms with E-state index in [0.717, 1.165) is 30.0 Å². The van der Waals surface area contributed by atoms with Crippen molar-refractivity contribution in [2.75, 3.05) is 18.5 Å². The highest BCUT2D eigenvalue weighted by atomic mass is 16.7. The van der Waals surface area contributed by atoms with Gasteiger partial charge < -0.3 is 14.8 Å². The highest BCUT2D eigenvalue weighted by Crippen LogP contribution is 2.39. The summed E-state index contributed by atoms with van der Waals surface area (Å²) < 4.78 is 12.2. The van der Waals surface area contributed by atoms with Crippen LogP contribution in [0.1, 0.15) is 32.6 Å². The van der Waals surface area contributed by atoms with Gasteiger partial charge in [-0.1, -0.05) is 6.92 Å². The molecular formula is C17H22N4O2. The molecule has 1 atom stereocenters. The van der Waals surface area contributed by atoms with E-state index >= 15 is 0 Å². The normalized spacial score (nSPS) is 30.8. The average molecular weight is 314 g/mol. The van der Waals surface area contributed by atoms with Crippen molar-refractivity contribution in [2.24, 2.45) is 5.92 Å². The van der Waals surface area contributed by atoms with E-state index in [1.807, 2.05) is 12.1 Å². The van der Waals surface area contributed by atoms with Crippen LogP contribution in [0.2, 0.25) is 0 Å². The van der Waals surface area contributed by atoms with E-state index in [0.29, 0.717) is 18.8 Å². The van der Waals surface area contributed by atoms with Crippen molar-refractivity contribution in [3.05, 3.63) is 24.7 Å². The maximum Gasteiger partial charge on any atom is 0.169 e. The van der Waals surface area contributed by atoms with Crippen LogP contribution in [0.25, 0.3) is 11.0 Å². The number of nitrogens with zero attached hydrogens (tertiary/aromatic N) is 3. The van der Waals surface area contributed by atoms with E-state index in [4.69, 9.17) is 9.47 Å². The van der Waals surface area contributed by atoms with Gasteiger partial charge in [0.15, 0.2) is 11.4 Å². The predicted octanol–water partition coefficient (Wildman–Crippen LogP) is 2.76. The molecule has 23 heavy (non-hydrogen) atoms. The van der Waals surface area contributed by atoms with Gasteiger partial charge in [-0.25, -0.2) is 15.0 Å². The molecule has 1 spiro atoms. The SMILES string of the molecule is CC1CCC2(CC1)OCC(CNc1ncnc3ncccc13)O2. The summed E-state index contributed by atoms with van der Waals surface area (Å²) in [7, 11) is 0. The standard InChI is InChI=1S/C17H22N4O2/c1-12-4-6-17(7-5-12)22-10-13(23-17)9-19-16-14-3-2-8-18-15(14)20-11-21-16/h2-3,8,11-13H,4-7,9-10H2,1H3,(H,18,19,20,21). The van der Waals surface area contributed by atoms with Gasteiger partial charge in [0.2, 0.25) is 0 Å². The molecule has 0 aromatic carbocycles. The molecule has 1 aliphatic carbocycles. The molecule has 2 aliphatic rings. The van der Waals surface area contributed by atoms with Crippen LogP contribution in [0, 0.1) is 5.92 Å². The molecule has 2 aromatic rings. The molecule has 4 rings (SSSR count). The third-order valence-electron chi connectivity index (χ3n) is 4.86.